The molecule has 1 aliphatic heterocycles. The molecule has 3 aromatic rings. The van der Waals surface area contributed by atoms with Crippen molar-refractivity contribution in [1.29, 1.82) is 0 Å². The fourth-order valence-electron chi connectivity index (χ4n) is 2.31. The maximum atomic E-state index is 6.50. The minimum atomic E-state index is 0.239. The monoisotopic (exact) mass is 377 g/mol. The van der Waals surface area contributed by atoms with Gasteiger partial charge in [-0.15, -0.1) is 0 Å². The predicted molar refractivity (Wildman–Crippen MR) is 86.1 cm³/mol. The summed E-state index contributed by atoms with van der Waals surface area (Å²) in [4.78, 5) is 4.11. The van der Waals surface area contributed by atoms with Gasteiger partial charge in [0.2, 0.25) is 6.79 Å². The van der Waals surface area contributed by atoms with Crippen LogP contribution in [0, 0.1) is 0 Å². The second kappa shape index (κ2) is 5.30. The van der Waals surface area contributed by atoms with Crippen molar-refractivity contribution in [3.05, 3.63) is 46.2 Å². The van der Waals surface area contributed by atoms with Gasteiger partial charge in [0.15, 0.2) is 11.5 Å². The van der Waals surface area contributed by atoms with Gasteiger partial charge in [-0.2, -0.15) is 5.10 Å². The van der Waals surface area contributed by atoms with Crippen LogP contribution in [0.3, 0.4) is 0 Å². The SMILES string of the molecule is Clc1c(-c2ccc3c(c2)OCO3)n[nH]c1-c1ccnc(Br)c1. The average molecular weight is 379 g/mol. The van der Waals surface area contributed by atoms with Crippen molar-refractivity contribution in [3.8, 4) is 34.0 Å². The van der Waals surface area contributed by atoms with E-state index in [0.717, 1.165) is 27.2 Å². The van der Waals surface area contributed by atoms with E-state index in [2.05, 4.69) is 31.1 Å². The molecule has 0 radical (unpaired) electrons. The number of nitrogens with one attached hydrogen (secondary N) is 1. The van der Waals surface area contributed by atoms with Crippen LogP contribution >= 0.6 is 27.5 Å². The van der Waals surface area contributed by atoms with E-state index in [0.29, 0.717) is 16.5 Å². The van der Waals surface area contributed by atoms with Gasteiger partial charge in [0, 0.05) is 17.3 Å². The lowest BCUT2D eigenvalue weighted by molar-refractivity contribution is 0.174. The van der Waals surface area contributed by atoms with Gasteiger partial charge in [0.05, 0.1) is 10.7 Å². The zero-order chi connectivity index (χ0) is 15.1. The van der Waals surface area contributed by atoms with E-state index in [-0.39, 0.29) is 6.79 Å². The third-order valence-corrected chi connectivity index (χ3v) is 4.17. The number of hydrogen-bond acceptors (Lipinski definition) is 4. The van der Waals surface area contributed by atoms with E-state index >= 15 is 0 Å². The number of fused-ring (bicyclic) bond motifs is 1. The molecule has 0 bridgehead atoms. The number of ether oxygens (including phenoxy) is 2. The fraction of sp³-hybridized carbons (Fsp3) is 0.0667. The molecule has 7 heteroatoms. The topological polar surface area (TPSA) is 60.0 Å². The number of aromatic nitrogens is 3. The Balaban J connectivity index is 1.78. The summed E-state index contributed by atoms with van der Waals surface area (Å²) in [6, 6.07) is 9.38. The van der Waals surface area contributed by atoms with Crippen LogP contribution in [0.25, 0.3) is 22.5 Å². The van der Waals surface area contributed by atoms with Gasteiger partial charge in [-0.25, -0.2) is 4.98 Å². The average Bonchev–Trinajstić information content (AvgIpc) is 3.12. The summed E-state index contributed by atoms with van der Waals surface area (Å²) in [5.41, 5.74) is 3.19. The molecule has 1 N–H and O–H groups in total. The predicted octanol–water partition coefficient (Wildman–Crippen LogP) is 4.28. The highest BCUT2D eigenvalue weighted by Crippen LogP contribution is 2.39. The Kier molecular flexibility index (Phi) is 3.28. The summed E-state index contributed by atoms with van der Waals surface area (Å²) < 4.78 is 11.4. The van der Waals surface area contributed by atoms with Gasteiger partial charge in [-0.1, -0.05) is 11.6 Å². The molecule has 1 aromatic carbocycles. The van der Waals surface area contributed by atoms with Crippen LogP contribution < -0.4 is 9.47 Å². The minimum Gasteiger partial charge on any atom is -0.454 e. The molecular weight excluding hydrogens is 370 g/mol. The molecule has 1 aliphatic rings. The molecule has 3 heterocycles. The summed E-state index contributed by atoms with van der Waals surface area (Å²) >= 11 is 9.85. The van der Waals surface area contributed by atoms with Crippen molar-refractivity contribution in [3.63, 3.8) is 0 Å². The van der Waals surface area contributed by atoms with Crippen molar-refractivity contribution in [2.75, 3.05) is 6.79 Å². The summed E-state index contributed by atoms with van der Waals surface area (Å²) in [5.74, 6) is 1.43. The first-order chi connectivity index (χ1) is 10.7. The molecule has 0 aliphatic carbocycles. The molecule has 0 spiro atoms. The number of aromatic amines is 1. The van der Waals surface area contributed by atoms with Gasteiger partial charge in [0.1, 0.15) is 10.3 Å². The molecule has 22 heavy (non-hydrogen) atoms. The molecule has 0 saturated carbocycles. The first kappa shape index (κ1) is 13.6. The highest BCUT2D eigenvalue weighted by atomic mass is 79.9. The molecule has 4 rings (SSSR count). The standard InChI is InChI=1S/C15H9BrClN3O2/c16-12-6-9(3-4-18-12)15-13(17)14(19-20-15)8-1-2-10-11(5-8)22-7-21-10/h1-6H,7H2,(H,19,20). The molecular formula is C15H9BrClN3O2. The van der Waals surface area contributed by atoms with E-state index < -0.39 is 0 Å². The van der Waals surface area contributed by atoms with E-state index in [1.54, 1.807) is 6.20 Å². The van der Waals surface area contributed by atoms with Crippen LogP contribution in [0.4, 0.5) is 0 Å². The molecule has 0 amide bonds. The van der Waals surface area contributed by atoms with Gasteiger partial charge in [-0.05, 0) is 46.3 Å². The highest BCUT2D eigenvalue weighted by molar-refractivity contribution is 9.10. The Bertz CT molecular complexity index is 866. The van der Waals surface area contributed by atoms with Crippen LogP contribution in [0.1, 0.15) is 0 Å². The smallest absolute Gasteiger partial charge is 0.231 e. The Labute approximate surface area is 139 Å². The summed E-state index contributed by atoms with van der Waals surface area (Å²) in [5, 5.41) is 7.86. The van der Waals surface area contributed by atoms with Crippen molar-refractivity contribution in [1.82, 2.24) is 15.2 Å². The van der Waals surface area contributed by atoms with E-state index in [4.69, 9.17) is 21.1 Å². The Morgan fingerprint density at radius 1 is 1.09 bits per heavy atom. The lowest BCUT2D eigenvalue weighted by Gasteiger charge is -2.01. The van der Waals surface area contributed by atoms with Crippen LogP contribution in [0.2, 0.25) is 5.02 Å². The first-order valence-corrected chi connectivity index (χ1v) is 7.65. The van der Waals surface area contributed by atoms with Crippen molar-refractivity contribution < 1.29 is 9.47 Å². The number of hydrogen-bond donors (Lipinski definition) is 1. The summed E-state index contributed by atoms with van der Waals surface area (Å²) in [6.07, 6.45) is 1.71. The molecule has 110 valence electrons. The van der Waals surface area contributed by atoms with Crippen LogP contribution in [0.15, 0.2) is 41.1 Å². The van der Waals surface area contributed by atoms with Gasteiger partial charge >= 0.3 is 0 Å². The highest BCUT2D eigenvalue weighted by Gasteiger charge is 2.19. The quantitative estimate of drug-likeness (QED) is 0.676. The van der Waals surface area contributed by atoms with Gasteiger partial charge in [0.25, 0.3) is 0 Å². The number of halogens is 2. The third kappa shape index (κ3) is 2.24. The normalized spacial score (nSPS) is 12.6. The molecule has 0 saturated heterocycles. The second-order valence-corrected chi connectivity index (χ2v) is 5.89. The number of H-pyrrole nitrogens is 1. The Morgan fingerprint density at radius 2 is 1.95 bits per heavy atom. The number of nitrogens with zero attached hydrogens (tertiary/aromatic N) is 2. The van der Waals surface area contributed by atoms with Gasteiger partial charge in [-0.3, -0.25) is 5.10 Å². The number of rotatable bonds is 2. The van der Waals surface area contributed by atoms with Crippen LogP contribution in [0.5, 0.6) is 11.5 Å². The molecule has 2 aromatic heterocycles. The van der Waals surface area contributed by atoms with Crippen LogP contribution in [-0.4, -0.2) is 22.0 Å². The fourth-order valence-corrected chi connectivity index (χ4v) is 2.98. The lowest BCUT2D eigenvalue weighted by Crippen LogP contribution is -1.92. The molecule has 0 fully saturated rings. The molecule has 5 nitrogen and oxygen atoms in total. The first-order valence-electron chi connectivity index (χ1n) is 6.48. The zero-order valence-corrected chi connectivity index (χ0v) is 13.5. The van der Waals surface area contributed by atoms with Crippen molar-refractivity contribution >= 4 is 27.5 Å². The maximum Gasteiger partial charge on any atom is 0.231 e. The van der Waals surface area contributed by atoms with E-state index in [9.17, 15) is 0 Å². The van der Waals surface area contributed by atoms with E-state index in [1.807, 2.05) is 30.3 Å². The van der Waals surface area contributed by atoms with Crippen LogP contribution in [-0.2, 0) is 0 Å². The molecule has 0 atom stereocenters. The lowest BCUT2D eigenvalue weighted by atomic mass is 10.1. The third-order valence-electron chi connectivity index (χ3n) is 3.37. The summed E-state index contributed by atoms with van der Waals surface area (Å²) in [6.45, 7) is 0.239. The van der Waals surface area contributed by atoms with Crippen molar-refractivity contribution in [2.45, 2.75) is 0 Å². The number of pyridine rings is 1. The largest absolute Gasteiger partial charge is 0.454 e. The Hall–Kier alpha value is -2.05. The Morgan fingerprint density at radius 3 is 2.82 bits per heavy atom. The zero-order valence-electron chi connectivity index (χ0n) is 11.1. The molecule has 0 unspecified atom stereocenters. The van der Waals surface area contributed by atoms with E-state index in [1.165, 1.54) is 0 Å². The summed E-state index contributed by atoms with van der Waals surface area (Å²) in [7, 11) is 0. The van der Waals surface area contributed by atoms with Crippen molar-refractivity contribution in [2.24, 2.45) is 0 Å². The minimum absolute atomic E-state index is 0.239. The maximum absolute atomic E-state index is 6.50. The number of benzene rings is 1. The second-order valence-electron chi connectivity index (χ2n) is 4.70. The van der Waals surface area contributed by atoms with Gasteiger partial charge < -0.3 is 9.47 Å².